The fraction of sp³-hybridized carbons (Fsp3) is 0.208. The Labute approximate surface area is 188 Å². The van der Waals surface area contributed by atoms with Crippen LogP contribution in [0.2, 0.25) is 0 Å². The highest BCUT2D eigenvalue weighted by molar-refractivity contribution is 8.09. The molecule has 2 atom stereocenters. The van der Waals surface area contributed by atoms with Crippen molar-refractivity contribution in [1.82, 2.24) is 0 Å². The van der Waals surface area contributed by atoms with Crippen LogP contribution in [0.15, 0.2) is 101 Å². The number of ether oxygens (including phenoxy) is 1. The Morgan fingerprint density at radius 2 is 1.06 bits per heavy atom. The summed E-state index contributed by atoms with van der Waals surface area (Å²) in [5.41, 5.74) is 0.411. The second-order valence-corrected chi connectivity index (χ2v) is 11.8. The largest absolute Gasteiger partial charge is 0.469 e. The summed E-state index contributed by atoms with van der Waals surface area (Å²) in [5.74, 6) is -2.96. The summed E-state index contributed by atoms with van der Waals surface area (Å²) >= 11 is 0. The van der Waals surface area contributed by atoms with E-state index in [1.165, 1.54) is 62.6 Å². The first-order chi connectivity index (χ1) is 15.2. The van der Waals surface area contributed by atoms with Crippen LogP contribution in [-0.4, -0.2) is 34.5 Å². The standard InChI is InChI=1S/C24H24O6S2/c1-18(23(25)30-2)22(19-12-6-3-7-13-19)24(31(26,27)20-14-8-4-9-15-20)32(28,29)21-16-10-5-11-17-21/h3-18,22,24H,1-2H3/t18-,22-/m0/s1. The molecule has 32 heavy (non-hydrogen) atoms. The molecule has 6 nitrogen and oxygen atoms in total. The van der Waals surface area contributed by atoms with Gasteiger partial charge in [0.1, 0.15) is 0 Å². The highest BCUT2D eigenvalue weighted by atomic mass is 32.3. The summed E-state index contributed by atoms with van der Waals surface area (Å²) in [6, 6.07) is 23.1. The highest BCUT2D eigenvalue weighted by Crippen LogP contribution is 2.40. The lowest BCUT2D eigenvalue weighted by atomic mass is 9.88. The number of benzene rings is 3. The molecule has 0 unspecified atom stereocenters. The van der Waals surface area contributed by atoms with Gasteiger partial charge in [-0.2, -0.15) is 0 Å². The normalized spacial score (nSPS) is 14.0. The van der Waals surface area contributed by atoms with E-state index < -0.39 is 42.1 Å². The number of rotatable bonds is 8. The van der Waals surface area contributed by atoms with Crippen molar-refractivity contribution in [2.75, 3.05) is 7.11 Å². The van der Waals surface area contributed by atoms with Gasteiger partial charge in [0.15, 0.2) is 24.3 Å². The fourth-order valence-electron chi connectivity index (χ4n) is 3.73. The molecular formula is C24H24O6S2. The molecule has 3 aromatic carbocycles. The molecule has 0 spiro atoms. The average Bonchev–Trinajstić information content (AvgIpc) is 2.82. The molecule has 3 aromatic rings. The van der Waals surface area contributed by atoms with E-state index in [9.17, 15) is 21.6 Å². The van der Waals surface area contributed by atoms with Crippen molar-refractivity contribution < 1.29 is 26.4 Å². The minimum atomic E-state index is -4.44. The quantitative estimate of drug-likeness (QED) is 0.462. The van der Waals surface area contributed by atoms with E-state index >= 15 is 0 Å². The maximum absolute atomic E-state index is 13.9. The molecule has 0 N–H and O–H groups in total. The van der Waals surface area contributed by atoms with Crippen LogP contribution in [0.5, 0.6) is 0 Å². The van der Waals surface area contributed by atoms with Crippen LogP contribution in [0.3, 0.4) is 0 Å². The topological polar surface area (TPSA) is 94.6 Å². The maximum atomic E-state index is 13.9. The number of carbonyl (C=O) groups is 1. The van der Waals surface area contributed by atoms with E-state index in [0.29, 0.717) is 5.56 Å². The van der Waals surface area contributed by atoms with Crippen molar-refractivity contribution in [2.24, 2.45) is 5.92 Å². The Kier molecular flexibility index (Phi) is 7.16. The number of carbonyl (C=O) groups excluding carboxylic acids is 1. The van der Waals surface area contributed by atoms with Crippen molar-refractivity contribution in [1.29, 1.82) is 0 Å². The molecule has 168 valence electrons. The first kappa shape index (κ1) is 23.7. The van der Waals surface area contributed by atoms with Gasteiger partial charge in [-0.25, -0.2) is 16.8 Å². The molecule has 0 aromatic heterocycles. The van der Waals surface area contributed by atoms with Crippen molar-refractivity contribution in [3.8, 4) is 0 Å². The SMILES string of the molecule is COC(=O)[C@@H](C)[C@@H](c1ccccc1)C(S(=O)(=O)c1ccccc1)S(=O)(=O)c1ccccc1. The van der Waals surface area contributed by atoms with Gasteiger partial charge in [0, 0.05) is 5.92 Å². The van der Waals surface area contributed by atoms with Crippen LogP contribution >= 0.6 is 0 Å². The smallest absolute Gasteiger partial charge is 0.309 e. The van der Waals surface area contributed by atoms with Crippen LogP contribution in [0.25, 0.3) is 0 Å². The predicted molar refractivity (Wildman–Crippen MR) is 121 cm³/mol. The first-order valence-corrected chi connectivity index (χ1v) is 13.0. The molecular weight excluding hydrogens is 448 g/mol. The van der Waals surface area contributed by atoms with E-state index in [1.807, 2.05) is 0 Å². The van der Waals surface area contributed by atoms with Crippen molar-refractivity contribution >= 4 is 25.6 Å². The van der Waals surface area contributed by atoms with Gasteiger partial charge in [0.2, 0.25) is 0 Å². The van der Waals surface area contributed by atoms with Crippen molar-refractivity contribution in [2.45, 2.75) is 27.2 Å². The zero-order valence-corrected chi connectivity index (χ0v) is 19.3. The summed E-state index contributed by atoms with van der Waals surface area (Å²) in [6.07, 6.45) is 0. The second-order valence-electron chi connectivity index (χ2n) is 7.33. The van der Waals surface area contributed by atoms with Gasteiger partial charge in [-0.1, -0.05) is 73.7 Å². The molecule has 0 aliphatic heterocycles. The van der Waals surface area contributed by atoms with E-state index in [-0.39, 0.29) is 9.79 Å². The minimum Gasteiger partial charge on any atom is -0.469 e. The molecule has 3 rings (SSSR count). The maximum Gasteiger partial charge on any atom is 0.309 e. The van der Waals surface area contributed by atoms with Crippen molar-refractivity contribution in [3.05, 3.63) is 96.6 Å². The van der Waals surface area contributed by atoms with Gasteiger partial charge >= 0.3 is 5.97 Å². The number of esters is 1. The summed E-state index contributed by atoms with van der Waals surface area (Å²) in [5, 5.41) is 0. The van der Waals surface area contributed by atoms with Gasteiger partial charge in [0.05, 0.1) is 22.8 Å². The number of hydrogen-bond acceptors (Lipinski definition) is 6. The monoisotopic (exact) mass is 472 g/mol. The van der Waals surface area contributed by atoms with E-state index in [2.05, 4.69) is 0 Å². The first-order valence-electron chi connectivity index (χ1n) is 9.92. The number of sulfone groups is 2. The summed E-state index contributed by atoms with van der Waals surface area (Å²) in [6.45, 7) is 1.48. The molecule has 0 aliphatic carbocycles. The van der Waals surface area contributed by atoms with Crippen LogP contribution in [-0.2, 0) is 29.2 Å². The molecule has 0 fully saturated rings. The summed E-state index contributed by atoms with van der Waals surface area (Å²) < 4.78 is 58.3. The Morgan fingerprint density at radius 1 is 0.688 bits per heavy atom. The van der Waals surface area contributed by atoms with Gasteiger partial charge in [0.25, 0.3) is 0 Å². The average molecular weight is 473 g/mol. The minimum absolute atomic E-state index is 0.137. The van der Waals surface area contributed by atoms with Gasteiger partial charge in [-0.05, 0) is 29.8 Å². The summed E-state index contributed by atoms with van der Waals surface area (Å²) in [7, 11) is -7.69. The van der Waals surface area contributed by atoms with Crippen LogP contribution in [0.1, 0.15) is 18.4 Å². The van der Waals surface area contributed by atoms with E-state index in [0.717, 1.165) is 0 Å². The lowest BCUT2D eigenvalue weighted by Gasteiger charge is -2.30. The Bertz CT molecular complexity index is 1190. The van der Waals surface area contributed by atoms with E-state index in [1.54, 1.807) is 42.5 Å². The predicted octanol–water partition coefficient (Wildman–Crippen LogP) is 3.85. The third-order valence-electron chi connectivity index (χ3n) is 5.34. The lowest BCUT2D eigenvalue weighted by Crippen LogP contribution is -2.41. The molecule has 0 saturated carbocycles. The molecule has 0 radical (unpaired) electrons. The van der Waals surface area contributed by atoms with Crippen LogP contribution in [0.4, 0.5) is 0 Å². The molecule has 0 bridgehead atoms. The zero-order valence-electron chi connectivity index (χ0n) is 17.7. The van der Waals surface area contributed by atoms with Gasteiger partial charge < -0.3 is 4.74 Å². The Hall–Kier alpha value is -2.97. The van der Waals surface area contributed by atoms with Crippen LogP contribution < -0.4 is 0 Å². The highest BCUT2D eigenvalue weighted by Gasteiger charge is 2.49. The van der Waals surface area contributed by atoms with Gasteiger partial charge in [-0.15, -0.1) is 0 Å². The Balaban J connectivity index is 2.35. The molecule has 8 heteroatoms. The van der Waals surface area contributed by atoms with Crippen molar-refractivity contribution in [3.63, 3.8) is 0 Å². The second kappa shape index (κ2) is 9.67. The van der Waals surface area contributed by atoms with Crippen LogP contribution in [0, 0.1) is 5.92 Å². The number of hydrogen-bond donors (Lipinski definition) is 0. The third-order valence-corrected chi connectivity index (χ3v) is 10.5. The summed E-state index contributed by atoms with van der Waals surface area (Å²) in [4.78, 5) is 12.3. The van der Waals surface area contributed by atoms with E-state index in [4.69, 9.17) is 4.74 Å². The number of methoxy groups -OCH3 is 1. The third kappa shape index (κ3) is 4.61. The molecule has 0 heterocycles. The fourth-order valence-corrected chi connectivity index (χ4v) is 8.90. The lowest BCUT2D eigenvalue weighted by molar-refractivity contribution is -0.145. The zero-order chi connectivity index (χ0) is 23.4. The molecule has 0 aliphatic rings. The van der Waals surface area contributed by atoms with Gasteiger partial charge in [-0.3, -0.25) is 4.79 Å². The molecule has 0 amide bonds. The Morgan fingerprint density at radius 3 is 1.44 bits per heavy atom. The molecule has 0 saturated heterocycles.